The van der Waals surface area contributed by atoms with Crippen molar-refractivity contribution in [3.8, 4) is 17.2 Å². The van der Waals surface area contributed by atoms with Gasteiger partial charge >= 0.3 is 0 Å². The van der Waals surface area contributed by atoms with Crippen molar-refractivity contribution in [3.63, 3.8) is 0 Å². The summed E-state index contributed by atoms with van der Waals surface area (Å²) in [5.41, 5.74) is 6.59. The summed E-state index contributed by atoms with van der Waals surface area (Å²) < 4.78 is 16.0. The average Bonchev–Trinajstić information content (AvgIpc) is 3.18. The molecule has 4 N–H and O–H groups in total. The number of benzene rings is 2. The lowest BCUT2D eigenvalue weighted by Crippen LogP contribution is -2.48. The number of aliphatic hydroxyl groups is 1. The summed E-state index contributed by atoms with van der Waals surface area (Å²) in [6.07, 6.45) is 0.825. The number of nitrogens with zero attached hydrogens (tertiary/aromatic N) is 1. The number of fused-ring (bicyclic) bond motifs is 1. The van der Waals surface area contributed by atoms with Crippen LogP contribution in [0, 0.1) is 0 Å². The molecule has 0 aromatic heterocycles. The summed E-state index contributed by atoms with van der Waals surface area (Å²) >= 11 is 0. The maximum Gasteiger partial charge on any atom is 0.255 e. The zero-order valence-electron chi connectivity index (χ0n) is 17.7. The summed E-state index contributed by atoms with van der Waals surface area (Å²) in [6, 6.07) is 11.9. The zero-order valence-corrected chi connectivity index (χ0v) is 17.7. The molecule has 0 radical (unpaired) electrons. The van der Waals surface area contributed by atoms with E-state index in [4.69, 9.17) is 19.9 Å². The van der Waals surface area contributed by atoms with Crippen LogP contribution in [0.2, 0.25) is 0 Å². The van der Waals surface area contributed by atoms with Crippen LogP contribution in [0.1, 0.15) is 28.8 Å². The number of nitrogens with one attached hydrogen (secondary N) is 1. The number of likely N-dealkylation sites (tertiary alicyclic amines) is 1. The van der Waals surface area contributed by atoms with E-state index in [0.29, 0.717) is 30.8 Å². The number of primary amides is 1. The van der Waals surface area contributed by atoms with Gasteiger partial charge in [0.05, 0.1) is 12.1 Å². The molecule has 2 amide bonds. The maximum absolute atomic E-state index is 12.8. The van der Waals surface area contributed by atoms with Crippen LogP contribution in [0.25, 0.3) is 0 Å². The number of carbonyl (C=O) groups excluding carboxylic acids is 2. The Kier molecular flexibility index (Phi) is 6.77. The van der Waals surface area contributed by atoms with Gasteiger partial charge in [-0.3, -0.25) is 14.5 Å². The van der Waals surface area contributed by atoms with Gasteiger partial charge in [0, 0.05) is 18.7 Å². The molecule has 0 spiro atoms. The predicted octanol–water partition coefficient (Wildman–Crippen LogP) is 1.03. The first-order valence-corrected chi connectivity index (χ1v) is 10.6. The molecule has 4 rings (SSSR count). The molecule has 2 atom stereocenters. The molecule has 0 unspecified atom stereocenters. The SMILES string of the molecule is NC(=O)COc1ccc(C(=O)N[C@H]2CN(Cc3ccc4c(c3)OCO4)CCC[C@H]2O)cc1. The first-order chi connectivity index (χ1) is 15.5. The molecule has 2 heterocycles. The van der Waals surface area contributed by atoms with E-state index in [2.05, 4.69) is 10.2 Å². The molecule has 9 nitrogen and oxygen atoms in total. The minimum absolute atomic E-state index is 0.223. The second-order valence-corrected chi connectivity index (χ2v) is 7.99. The highest BCUT2D eigenvalue weighted by Crippen LogP contribution is 2.33. The van der Waals surface area contributed by atoms with E-state index in [0.717, 1.165) is 30.0 Å². The van der Waals surface area contributed by atoms with E-state index in [1.165, 1.54) is 0 Å². The van der Waals surface area contributed by atoms with Gasteiger partial charge in [0.15, 0.2) is 18.1 Å². The van der Waals surface area contributed by atoms with Crippen molar-refractivity contribution < 1.29 is 28.9 Å². The monoisotopic (exact) mass is 441 g/mol. The molecule has 0 aliphatic carbocycles. The quantitative estimate of drug-likeness (QED) is 0.586. The first-order valence-electron chi connectivity index (χ1n) is 10.6. The molecule has 1 fully saturated rings. The third-order valence-electron chi connectivity index (χ3n) is 5.55. The van der Waals surface area contributed by atoms with E-state index >= 15 is 0 Å². The molecule has 2 aliphatic heterocycles. The van der Waals surface area contributed by atoms with Crippen molar-refractivity contribution >= 4 is 11.8 Å². The highest BCUT2D eigenvalue weighted by atomic mass is 16.7. The molecular formula is C23H27N3O6. The molecule has 2 aromatic carbocycles. The molecule has 170 valence electrons. The van der Waals surface area contributed by atoms with Crippen molar-refractivity contribution in [1.82, 2.24) is 10.2 Å². The number of hydrogen-bond donors (Lipinski definition) is 3. The Labute approximate surface area is 186 Å². The van der Waals surface area contributed by atoms with Crippen molar-refractivity contribution in [2.75, 3.05) is 26.5 Å². The zero-order chi connectivity index (χ0) is 22.5. The van der Waals surface area contributed by atoms with Gasteiger partial charge in [-0.25, -0.2) is 0 Å². The molecule has 1 saturated heterocycles. The Morgan fingerprint density at radius 2 is 1.94 bits per heavy atom. The van der Waals surface area contributed by atoms with Gasteiger partial charge in [-0.15, -0.1) is 0 Å². The topological polar surface area (TPSA) is 123 Å². The van der Waals surface area contributed by atoms with Gasteiger partial charge in [-0.1, -0.05) is 6.07 Å². The van der Waals surface area contributed by atoms with Gasteiger partial charge in [0.25, 0.3) is 11.8 Å². The fraction of sp³-hybridized carbons (Fsp3) is 0.391. The van der Waals surface area contributed by atoms with E-state index in [-0.39, 0.29) is 19.3 Å². The van der Waals surface area contributed by atoms with E-state index in [1.54, 1.807) is 24.3 Å². The lowest BCUT2D eigenvalue weighted by Gasteiger charge is -2.27. The highest BCUT2D eigenvalue weighted by molar-refractivity contribution is 5.94. The van der Waals surface area contributed by atoms with Crippen molar-refractivity contribution in [3.05, 3.63) is 53.6 Å². The number of nitrogens with two attached hydrogens (primary N) is 1. The van der Waals surface area contributed by atoms with Crippen LogP contribution in [0.4, 0.5) is 0 Å². The Hall–Kier alpha value is -3.30. The minimum Gasteiger partial charge on any atom is -0.484 e. The number of ether oxygens (including phenoxy) is 3. The molecule has 2 aliphatic rings. The van der Waals surface area contributed by atoms with E-state index in [9.17, 15) is 14.7 Å². The van der Waals surface area contributed by atoms with Crippen LogP contribution in [0.15, 0.2) is 42.5 Å². The summed E-state index contributed by atoms with van der Waals surface area (Å²) in [6.45, 7) is 2.05. The second-order valence-electron chi connectivity index (χ2n) is 7.99. The summed E-state index contributed by atoms with van der Waals surface area (Å²) in [5, 5.41) is 13.5. The molecule has 9 heteroatoms. The lowest BCUT2D eigenvalue weighted by molar-refractivity contribution is -0.119. The van der Waals surface area contributed by atoms with Crippen molar-refractivity contribution in [2.24, 2.45) is 5.73 Å². The molecular weight excluding hydrogens is 414 g/mol. The summed E-state index contributed by atoms with van der Waals surface area (Å²) in [7, 11) is 0. The van der Waals surface area contributed by atoms with E-state index in [1.807, 2.05) is 18.2 Å². The first kappa shape index (κ1) is 21.9. The van der Waals surface area contributed by atoms with Crippen LogP contribution < -0.4 is 25.3 Å². The predicted molar refractivity (Wildman–Crippen MR) is 115 cm³/mol. The van der Waals surface area contributed by atoms with Gasteiger partial charge in [0.1, 0.15) is 5.75 Å². The third-order valence-corrected chi connectivity index (χ3v) is 5.55. The summed E-state index contributed by atoms with van der Waals surface area (Å²) in [5.74, 6) is 1.09. The van der Waals surface area contributed by atoms with Crippen LogP contribution in [0.5, 0.6) is 17.2 Å². The number of amides is 2. The standard InChI is InChI=1S/C23H27N3O6/c24-22(28)13-30-17-6-4-16(5-7-17)23(29)25-18-12-26(9-1-2-19(18)27)11-15-3-8-20-21(10-15)32-14-31-20/h3-8,10,18-19,27H,1-2,9,11-14H2,(H2,24,28)(H,25,29)/t18-,19+/m0/s1. The number of hydrogen-bond acceptors (Lipinski definition) is 7. The minimum atomic E-state index is -0.626. The third kappa shape index (κ3) is 5.49. The number of carbonyl (C=O) groups is 2. The fourth-order valence-electron chi connectivity index (χ4n) is 3.91. The van der Waals surface area contributed by atoms with Crippen LogP contribution >= 0.6 is 0 Å². The molecule has 0 bridgehead atoms. The van der Waals surface area contributed by atoms with Gasteiger partial charge < -0.3 is 30.4 Å². The number of rotatable bonds is 7. The van der Waals surface area contributed by atoms with Crippen LogP contribution in [-0.2, 0) is 11.3 Å². The Bertz CT molecular complexity index is 965. The Morgan fingerprint density at radius 1 is 1.16 bits per heavy atom. The van der Waals surface area contributed by atoms with Crippen LogP contribution in [-0.4, -0.2) is 60.5 Å². The Balaban J connectivity index is 1.37. The second kappa shape index (κ2) is 9.88. The van der Waals surface area contributed by atoms with Crippen molar-refractivity contribution in [1.29, 1.82) is 0 Å². The van der Waals surface area contributed by atoms with E-state index < -0.39 is 18.1 Å². The molecule has 0 saturated carbocycles. The van der Waals surface area contributed by atoms with Crippen molar-refractivity contribution in [2.45, 2.75) is 31.5 Å². The van der Waals surface area contributed by atoms with Gasteiger partial charge in [0.2, 0.25) is 6.79 Å². The average molecular weight is 441 g/mol. The lowest BCUT2D eigenvalue weighted by atomic mass is 10.1. The van der Waals surface area contributed by atoms with Gasteiger partial charge in [-0.05, 0) is 61.3 Å². The highest BCUT2D eigenvalue weighted by Gasteiger charge is 2.27. The largest absolute Gasteiger partial charge is 0.484 e. The maximum atomic E-state index is 12.8. The fourth-order valence-corrected chi connectivity index (χ4v) is 3.91. The molecule has 32 heavy (non-hydrogen) atoms. The Morgan fingerprint density at radius 3 is 2.72 bits per heavy atom. The number of aliphatic hydroxyl groups excluding tert-OH is 1. The van der Waals surface area contributed by atoms with Gasteiger partial charge in [-0.2, -0.15) is 0 Å². The van der Waals surface area contributed by atoms with Crippen LogP contribution in [0.3, 0.4) is 0 Å². The smallest absolute Gasteiger partial charge is 0.255 e. The normalized spacial score (nSPS) is 20.4. The summed E-state index contributed by atoms with van der Waals surface area (Å²) in [4.78, 5) is 25.8. The molecule has 2 aromatic rings.